The molecule has 0 radical (unpaired) electrons. The first-order valence-corrected chi connectivity index (χ1v) is 7.49. The Bertz CT molecular complexity index is 744. The minimum absolute atomic E-state index is 0.000791. The molecule has 1 N–H and O–H groups in total. The Kier molecular flexibility index (Phi) is 4.17. The molecule has 0 atom stereocenters. The number of rotatable bonds is 5. The maximum atomic E-state index is 12.1. The lowest BCUT2D eigenvalue weighted by Crippen LogP contribution is -2.28. The number of nitrogens with one attached hydrogen (secondary N) is 1. The van der Waals surface area contributed by atoms with E-state index < -0.39 is 10.0 Å². The van der Waals surface area contributed by atoms with Gasteiger partial charge in [-0.1, -0.05) is 12.1 Å². The van der Waals surface area contributed by atoms with Crippen molar-refractivity contribution in [2.45, 2.75) is 18.4 Å². The van der Waals surface area contributed by atoms with Crippen molar-refractivity contribution >= 4 is 10.0 Å². The number of nitrogens with zero attached hydrogens (tertiary/aromatic N) is 3. The molecule has 0 fully saturated rings. The average molecular weight is 290 g/mol. The molecule has 0 aliphatic rings. The molecule has 20 heavy (non-hydrogen) atoms. The third-order valence-electron chi connectivity index (χ3n) is 2.69. The van der Waals surface area contributed by atoms with Crippen LogP contribution < -0.4 is 4.72 Å². The molecule has 0 amide bonds. The molecule has 7 heteroatoms. The maximum absolute atomic E-state index is 12.1. The van der Waals surface area contributed by atoms with Crippen molar-refractivity contribution in [1.29, 1.82) is 5.26 Å². The molecule has 0 saturated heterocycles. The number of hydrogen-bond acceptors (Lipinski definition) is 4. The van der Waals surface area contributed by atoms with E-state index in [2.05, 4.69) is 9.82 Å². The fourth-order valence-corrected chi connectivity index (χ4v) is 2.93. The van der Waals surface area contributed by atoms with E-state index in [-0.39, 0.29) is 17.0 Å². The Balaban J connectivity index is 2.06. The van der Waals surface area contributed by atoms with Gasteiger partial charge in [-0.3, -0.25) is 4.68 Å². The summed E-state index contributed by atoms with van der Waals surface area (Å²) < 4.78 is 28.4. The van der Waals surface area contributed by atoms with Crippen LogP contribution in [-0.4, -0.2) is 24.7 Å². The molecule has 0 aliphatic heterocycles. The van der Waals surface area contributed by atoms with Gasteiger partial charge in [0.25, 0.3) is 0 Å². The predicted molar refractivity (Wildman–Crippen MR) is 73.3 cm³/mol. The van der Waals surface area contributed by atoms with Crippen molar-refractivity contribution in [3.05, 3.63) is 47.8 Å². The first-order valence-electron chi connectivity index (χ1n) is 6.01. The van der Waals surface area contributed by atoms with Crippen LogP contribution in [0.5, 0.6) is 0 Å². The Morgan fingerprint density at radius 2 is 2.15 bits per heavy atom. The van der Waals surface area contributed by atoms with Crippen LogP contribution >= 0.6 is 0 Å². The molecule has 6 nitrogen and oxygen atoms in total. The van der Waals surface area contributed by atoms with Crippen LogP contribution in [0.4, 0.5) is 0 Å². The van der Waals surface area contributed by atoms with Gasteiger partial charge in [-0.15, -0.1) is 0 Å². The topological polar surface area (TPSA) is 87.8 Å². The second-order valence-corrected chi connectivity index (χ2v) is 6.02. The van der Waals surface area contributed by atoms with E-state index >= 15 is 0 Å². The van der Waals surface area contributed by atoms with Gasteiger partial charge in [0.15, 0.2) is 0 Å². The van der Waals surface area contributed by atoms with Gasteiger partial charge in [-0.05, 0) is 24.6 Å². The van der Waals surface area contributed by atoms with E-state index in [1.807, 2.05) is 19.2 Å². The largest absolute Gasteiger partial charge is 0.271 e. The van der Waals surface area contributed by atoms with Crippen molar-refractivity contribution in [2.24, 2.45) is 0 Å². The molecular formula is C13H14N4O2S. The fourth-order valence-electron chi connectivity index (χ4n) is 1.75. The minimum atomic E-state index is -3.68. The summed E-state index contributed by atoms with van der Waals surface area (Å²) in [6.45, 7) is 2.56. The Morgan fingerprint density at radius 1 is 1.40 bits per heavy atom. The van der Waals surface area contributed by atoms with Crippen LogP contribution in [0.25, 0.3) is 0 Å². The van der Waals surface area contributed by atoms with E-state index in [9.17, 15) is 8.42 Å². The van der Waals surface area contributed by atoms with Crippen LogP contribution in [0.2, 0.25) is 0 Å². The van der Waals surface area contributed by atoms with Crippen LogP contribution in [-0.2, 0) is 16.6 Å². The summed E-state index contributed by atoms with van der Waals surface area (Å²) in [5.74, 6) is 0. The normalized spacial score (nSPS) is 11.2. The number of nitriles is 1. The predicted octanol–water partition coefficient (Wildman–Crippen LogP) is 1.04. The monoisotopic (exact) mass is 290 g/mol. The second kappa shape index (κ2) is 5.86. The Morgan fingerprint density at radius 3 is 2.80 bits per heavy atom. The summed E-state index contributed by atoms with van der Waals surface area (Å²) in [6, 6.07) is 7.99. The molecule has 1 heterocycles. The summed E-state index contributed by atoms with van der Waals surface area (Å²) in [6.07, 6.45) is 3.54. The molecule has 1 aromatic carbocycles. The average Bonchev–Trinajstić information content (AvgIpc) is 2.84. The highest BCUT2D eigenvalue weighted by Crippen LogP contribution is 2.13. The quantitative estimate of drug-likeness (QED) is 0.891. The lowest BCUT2D eigenvalue weighted by atomic mass is 10.2. The Hall–Kier alpha value is -2.17. The van der Waals surface area contributed by atoms with E-state index in [1.54, 1.807) is 23.0 Å². The number of aromatic nitrogens is 2. The van der Waals surface area contributed by atoms with Gasteiger partial charge in [-0.2, -0.15) is 10.4 Å². The Labute approximate surface area is 117 Å². The van der Waals surface area contributed by atoms with E-state index in [1.165, 1.54) is 12.1 Å². The second-order valence-electron chi connectivity index (χ2n) is 4.29. The summed E-state index contributed by atoms with van der Waals surface area (Å²) >= 11 is 0. The van der Waals surface area contributed by atoms with Crippen LogP contribution in [0, 0.1) is 18.3 Å². The number of sulfonamides is 1. The standard InChI is InChI=1S/C13H14N4O2S/c1-11-9-15-17(10-11)7-6-16-20(18,19)13-5-3-2-4-12(13)8-14/h2-5,9-10,16H,6-7H2,1H3. The highest BCUT2D eigenvalue weighted by molar-refractivity contribution is 7.89. The molecule has 0 aliphatic carbocycles. The van der Waals surface area contributed by atoms with Gasteiger partial charge < -0.3 is 0 Å². The molecule has 0 spiro atoms. The highest BCUT2D eigenvalue weighted by Gasteiger charge is 2.17. The van der Waals surface area contributed by atoms with E-state index in [4.69, 9.17) is 5.26 Å². The maximum Gasteiger partial charge on any atom is 0.241 e. The van der Waals surface area contributed by atoms with Crippen molar-refractivity contribution in [3.63, 3.8) is 0 Å². The molecule has 2 rings (SSSR count). The van der Waals surface area contributed by atoms with Gasteiger partial charge in [0.1, 0.15) is 6.07 Å². The first-order chi connectivity index (χ1) is 9.53. The molecule has 0 saturated carbocycles. The molecule has 2 aromatic rings. The van der Waals surface area contributed by atoms with Crippen molar-refractivity contribution < 1.29 is 8.42 Å². The highest BCUT2D eigenvalue weighted by atomic mass is 32.2. The van der Waals surface area contributed by atoms with Crippen molar-refractivity contribution in [2.75, 3.05) is 6.54 Å². The zero-order valence-corrected chi connectivity index (χ0v) is 11.8. The van der Waals surface area contributed by atoms with E-state index in [0.29, 0.717) is 6.54 Å². The number of hydrogen-bond donors (Lipinski definition) is 1. The fraction of sp³-hybridized carbons (Fsp3) is 0.231. The summed E-state index contributed by atoms with van der Waals surface area (Å²) in [5, 5.41) is 13.0. The van der Waals surface area contributed by atoms with E-state index in [0.717, 1.165) is 5.56 Å². The molecule has 1 aromatic heterocycles. The van der Waals surface area contributed by atoms with Crippen LogP contribution in [0.3, 0.4) is 0 Å². The third kappa shape index (κ3) is 3.23. The van der Waals surface area contributed by atoms with Gasteiger partial charge >= 0.3 is 0 Å². The lowest BCUT2D eigenvalue weighted by Gasteiger charge is -2.08. The lowest BCUT2D eigenvalue weighted by molar-refractivity contribution is 0.560. The molecule has 0 bridgehead atoms. The summed E-state index contributed by atoms with van der Waals surface area (Å²) in [7, 11) is -3.68. The van der Waals surface area contributed by atoms with Crippen LogP contribution in [0.15, 0.2) is 41.6 Å². The summed E-state index contributed by atoms with van der Waals surface area (Å²) in [5.41, 5.74) is 1.15. The van der Waals surface area contributed by atoms with Crippen LogP contribution in [0.1, 0.15) is 11.1 Å². The smallest absolute Gasteiger partial charge is 0.241 e. The summed E-state index contributed by atoms with van der Waals surface area (Å²) in [4.78, 5) is -0.000791. The first kappa shape index (κ1) is 14.2. The number of aryl methyl sites for hydroxylation is 1. The third-order valence-corrected chi connectivity index (χ3v) is 4.21. The van der Waals surface area contributed by atoms with Gasteiger partial charge in [0.2, 0.25) is 10.0 Å². The molecule has 0 unspecified atom stereocenters. The minimum Gasteiger partial charge on any atom is -0.271 e. The van der Waals surface area contributed by atoms with Crippen molar-refractivity contribution in [3.8, 4) is 6.07 Å². The number of benzene rings is 1. The zero-order valence-electron chi connectivity index (χ0n) is 10.9. The SMILES string of the molecule is Cc1cnn(CCNS(=O)(=O)c2ccccc2C#N)c1. The van der Waals surface area contributed by atoms with Gasteiger partial charge in [0, 0.05) is 12.7 Å². The zero-order chi connectivity index (χ0) is 14.6. The molecular weight excluding hydrogens is 276 g/mol. The van der Waals surface area contributed by atoms with Gasteiger partial charge in [-0.25, -0.2) is 13.1 Å². The molecule has 104 valence electrons. The van der Waals surface area contributed by atoms with Gasteiger partial charge in [0.05, 0.1) is 23.2 Å². The van der Waals surface area contributed by atoms with Crippen molar-refractivity contribution in [1.82, 2.24) is 14.5 Å².